The molecule has 2 heterocycles. The summed E-state index contributed by atoms with van der Waals surface area (Å²) in [5, 5.41) is 4.76. The molecule has 2 aromatic rings. The summed E-state index contributed by atoms with van der Waals surface area (Å²) in [7, 11) is 0. The number of hydrogen-bond acceptors (Lipinski definition) is 4. The number of nitrogens with one attached hydrogen (secondary N) is 1. The molecule has 1 N–H and O–H groups in total. The minimum atomic E-state index is -0.178. The lowest BCUT2D eigenvalue weighted by Crippen LogP contribution is -2.49. The number of piperazine rings is 1. The molecule has 150 valence electrons. The maximum absolute atomic E-state index is 13.1. The van der Waals surface area contributed by atoms with E-state index < -0.39 is 0 Å². The van der Waals surface area contributed by atoms with Crippen LogP contribution in [0, 0.1) is 5.41 Å². The number of hydrogen-bond donors (Lipinski definition) is 1. The first-order valence-corrected chi connectivity index (χ1v) is 10.7. The summed E-state index contributed by atoms with van der Waals surface area (Å²) in [5.41, 5.74) is 1.45. The molecule has 28 heavy (non-hydrogen) atoms. The van der Waals surface area contributed by atoms with Crippen LogP contribution >= 0.6 is 11.3 Å². The highest BCUT2D eigenvalue weighted by molar-refractivity contribution is 7.12. The van der Waals surface area contributed by atoms with Gasteiger partial charge in [-0.2, -0.15) is 0 Å². The van der Waals surface area contributed by atoms with E-state index in [4.69, 9.17) is 0 Å². The fourth-order valence-corrected chi connectivity index (χ4v) is 3.83. The fourth-order valence-electron chi connectivity index (χ4n) is 3.21. The van der Waals surface area contributed by atoms with Gasteiger partial charge in [0, 0.05) is 26.2 Å². The fraction of sp³-hybridized carbons (Fsp3) is 0.455. The molecule has 0 aliphatic carbocycles. The minimum absolute atomic E-state index is 0.0162. The Bertz CT molecular complexity index is 803. The standard InChI is InChI=1S/C22H29N3O2S/c1-22(2,3)10-11-24-12-14-25(15-13-24)21(27)17-7-4-5-8-18(17)23-20(26)19-9-6-16-28-19/h4-9,16H,10-15H2,1-3H3,(H,23,26). The Labute approximate surface area is 171 Å². The predicted octanol–water partition coefficient (Wildman–Crippen LogP) is 4.19. The Morgan fingerprint density at radius 1 is 1.04 bits per heavy atom. The zero-order chi connectivity index (χ0) is 20.1. The third-order valence-electron chi connectivity index (χ3n) is 4.99. The van der Waals surface area contributed by atoms with Gasteiger partial charge in [0.2, 0.25) is 0 Å². The van der Waals surface area contributed by atoms with Crippen LogP contribution in [-0.2, 0) is 0 Å². The number of benzene rings is 1. The summed E-state index contributed by atoms with van der Waals surface area (Å²) in [6.07, 6.45) is 1.15. The van der Waals surface area contributed by atoms with Gasteiger partial charge in [-0.25, -0.2) is 0 Å². The van der Waals surface area contributed by atoms with Crippen LogP contribution in [0.15, 0.2) is 41.8 Å². The van der Waals surface area contributed by atoms with Crippen molar-refractivity contribution in [2.75, 3.05) is 38.0 Å². The van der Waals surface area contributed by atoms with Gasteiger partial charge in [0.05, 0.1) is 16.1 Å². The van der Waals surface area contributed by atoms with E-state index in [9.17, 15) is 9.59 Å². The molecule has 1 aromatic heterocycles. The Hall–Kier alpha value is -2.18. The van der Waals surface area contributed by atoms with E-state index in [1.165, 1.54) is 11.3 Å². The van der Waals surface area contributed by atoms with Crippen LogP contribution in [0.4, 0.5) is 5.69 Å². The zero-order valence-corrected chi connectivity index (χ0v) is 17.7. The molecular weight excluding hydrogens is 370 g/mol. The number of thiophene rings is 1. The van der Waals surface area contributed by atoms with Crippen LogP contribution in [0.2, 0.25) is 0 Å². The average Bonchev–Trinajstić information content (AvgIpc) is 3.21. The summed E-state index contributed by atoms with van der Waals surface area (Å²) in [6.45, 7) is 11.1. The molecular formula is C22H29N3O2S. The number of rotatable bonds is 5. The number of anilines is 1. The van der Waals surface area contributed by atoms with Crippen molar-refractivity contribution in [3.8, 4) is 0 Å². The van der Waals surface area contributed by atoms with Crippen LogP contribution in [0.1, 0.15) is 47.2 Å². The van der Waals surface area contributed by atoms with Gasteiger partial charge in [0.25, 0.3) is 11.8 Å². The third-order valence-corrected chi connectivity index (χ3v) is 5.86. The molecule has 1 fully saturated rings. The topological polar surface area (TPSA) is 52.6 Å². The second-order valence-corrected chi connectivity index (χ2v) is 9.37. The van der Waals surface area contributed by atoms with E-state index in [2.05, 4.69) is 31.0 Å². The minimum Gasteiger partial charge on any atom is -0.336 e. The van der Waals surface area contributed by atoms with Gasteiger partial charge >= 0.3 is 0 Å². The van der Waals surface area contributed by atoms with Crippen molar-refractivity contribution in [1.29, 1.82) is 0 Å². The lowest BCUT2D eigenvalue weighted by atomic mass is 9.92. The van der Waals surface area contributed by atoms with Crippen molar-refractivity contribution in [3.63, 3.8) is 0 Å². The van der Waals surface area contributed by atoms with E-state index in [-0.39, 0.29) is 11.8 Å². The number of amides is 2. The second-order valence-electron chi connectivity index (χ2n) is 8.42. The van der Waals surface area contributed by atoms with Crippen LogP contribution in [0.25, 0.3) is 0 Å². The highest BCUT2D eigenvalue weighted by Crippen LogP contribution is 2.22. The zero-order valence-electron chi connectivity index (χ0n) is 16.9. The monoisotopic (exact) mass is 399 g/mol. The number of carbonyl (C=O) groups excluding carboxylic acids is 2. The molecule has 3 rings (SSSR count). The summed E-state index contributed by atoms with van der Waals surface area (Å²) in [5.74, 6) is -0.195. The van der Waals surface area contributed by atoms with E-state index in [0.29, 0.717) is 21.5 Å². The van der Waals surface area contributed by atoms with E-state index >= 15 is 0 Å². The molecule has 5 nitrogen and oxygen atoms in total. The van der Waals surface area contributed by atoms with Crippen molar-refractivity contribution in [2.24, 2.45) is 5.41 Å². The van der Waals surface area contributed by atoms with Gasteiger partial charge in [-0.05, 0) is 42.0 Å². The SMILES string of the molecule is CC(C)(C)CCN1CCN(C(=O)c2ccccc2NC(=O)c2cccs2)CC1. The van der Waals surface area contributed by atoms with Gasteiger partial charge < -0.3 is 10.2 Å². The maximum atomic E-state index is 13.1. The lowest BCUT2D eigenvalue weighted by Gasteiger charge is -2.36. The molecule has 0 unspecified atom stereocenters. The molecule has 0 atom stereocenters. The molecule has 0 spiro atoms. The first kappa shape index (κ1) is 20.6. The molecule has 0 bridgehead atoms. The highest BCUT2D eigenvalue weighted by Gasteiger charge is 2.25. The molecule has 1 aromatic carbocycles. The Balaban J connectivity index is 1.61. The van der Waals surface area contributed by atoms with Crippen LogP contribution < -0.4 is 5.32 Å². The molecule has 2 amide bonds. The van der Waals surface area contributed by atoms with E-state index in [0.717, 1.165) is 39.1 Å². The predicted molar refractivity (Wildman–Crippen MR) is 115 cm³/mol. The third kappa shape index (κ3) is 5.42. The largest absolute Gasteiger partial charge is 0.336 e. The summed E-state index contributed by atoms with van der Waals surface area (Å²) >= 11 is 1.39. The Morgan fingerprint density at radius 2 is 1.75 bits per heavy atom. The molecule has 0 radical (unpaired) electrons. The number of nitrogens with zero attached hydrogens (tertiary/aromatic N) is 2. The quantitative estimate of drug-likeness (QED) is 0.820. The van der Waals surface area contributed by atoms with Gasteiger partial charge in [-0.3, -0.25) is 14.5 Å². The Morgan fingerprint density at radius 3 is 2.39 bits per heavy atom. The van der Waals surface area contributed by atoms with Gasteiger partial charge in [0.15, 0.2) is 0 Å². The van der Waals surface area contributed by atoms with Crippen molar-refractivity contribution in [3.05, 3.63) is 52.2 Å². The maximum Gasteiger partial charge on any atom is 0.265 e. The lowest BCUT2D eigenvalue weighted by molar-refractivity contribution is 0.0624. The number of para-hydroxylation sites is 1. The van der Waals surface area contributed by atoms with Crippen molar-refractivity contribution in [1.82, 2.24) is 9.80 Å². The van der Waals surface area contributed by atoms with E-state index in [1.807, 2.05) is 28.5 Å². The second kappa shape index (κ2) is 8.88. The van der Waals surface area contributed by atoms with Crippen LogP contribution in [0.3, 0.4) is 0 Å². The Kier molecular flexibility index (Phi) is 6.52. The molecule has 0 saturated carbocycles. The average molecular weight is 400 g/mol. The van der Waals surface area contributed by atoms with Crippen molar-refractivity contribution < 1.29 is 9.59 Å². The summed E-state index contributed by atoms with van der Waals surface area (Å²) < 4.78 is 0. The first-order chi connectivity index (χ1) is 13.3. The summed E-state index contributed by atoms with van der Waals surface area (Å²) in [6, 6.07) is 10.9. The molecule has 1 aliphatic rings. The smallest absolute Gasteiger partial charge is 0.265 e. The van der Waals surface area contributed by atoms with Crippen LogP contribution in [-0.4, -0.2) is 54.3 Å². The first-order valence-electron chi connectivity index (χ1n) is 9.79. The highest BCUT2D eigenvalue weighted by atomic mass is 32.1. The molecule has 1 aliphatic heterocycles. The van der Waals surface area contributed by atoms with Crippen molar-refractivity contribution >= 4 is 28.8 Å². The van der Waals surface area contributed by atoms with E-state index in [1.54, 1.807) is 18.2 Å². The van der Waals surface area contributed by atoms with Crippen molar-refractivity contribution in [2.45, 2.75) is 27.2 Å². The van der Waals surface area contributed by atoms with Gasteiger partial charge in [-0.1, -0.05) is 39.0 Å². The normalized spacial score (nSPS) is 15.5. The van der Waals surface area contributed by atoms with Gasteiger partial charge in [0.1, 0.15) is 0 Å². The van der Waals surface area contributed by atoms with Crippen LogP contribution in [0.5, 0.6) is 0 Å². The molecule has 6 heteroatoms. The van der Waals surface area contributed by atoms with Gasteiger partial charge in [-0.15, -0.1) is 11.3 Å². The number of carbonyl (C=O) groups is 2. The summed E-state index contributed by atoms with van der Waals surface area (Å²) in [4.78, 5) is 30.4. The molecule has 1 saturated heterocycles.